The Kier molecular flexibility index (Phi) is 5.79. The van der Waals surface area contributed by atoms with Crippen LogP contribution < -0.4 is 10.6 Å². The number of carbonyl (C=O) groups excluding carboxylic acids is 2. The predicted octanol–water partition coefficient (Wildman–Crippen LogP) is 0.818. The molecule has 6 nitrogen and oxygen atoms in total. The molecule has 0 aromatic heterocycles. The summed E-state index contributed by atoms with van der Waals surface area (Å²) in [6, 6.07) is 4.48. The van der Waals surface area contributed by atoms with E-state index in [0.717, 1.165) is 13.1 Å². The van der Waals surface area contributed by atoms with Gasteiger partial charge in [0.2, 0.25) is 5.91 Å². The van der Waals surface area contributed by atoms with Gasteiger partial charge in [0.05, 0.1) is 5.56 Å². The lowest BCUT2D eigenvalue weighted by atomic mass is 10.1. The number of hydrogen-bond acceptors (Lipinski definition) is 4. The number of aromatic hydroxyl groups is 1. The number of piperazine rings is 1. The molecule has 0 spiro atoms. The van der Waals surface area contributed by atoms with Gasteiger partial charge in [-0.25, -0.2) is 0 Å². The molecular formula is C13H18ClN3O3. The van der Waals surface area contributed by atoms with Crippen LogP contribution in [0.25, 0.3) is 0 Å². The third-order valence-electron chi connectivity index (χ3n) is 2.95. The summed E-state index contributed by atoms with van der Waals surface area (Å²) in [6.45, 7) is 4.12. The molecule has 0 aliphatic carbocycles. The number of halogens is 1. The highest BCUT2D eigenvalue weighted by molar-refractivity contribution is 5.99. The molecule has 0 radical (unpaired) electrons. The van der Waals surface area contributed by atoms with Crippen molar-refractivity contribution in [1.29, 1.82) is 0 Å². The van der Waals surface area contributed by atoms with Gasteiger partial charge in [-0.2, -0.15) is 0 Å². The van der Waals surface area contributed by atoms with E-state index in [1.165, 1.54) is 19.1 Å². The van der Waals surface area contributed by atoms with Gasteiger partial charge in [0.25, 0.3) is 5.91 Å². The molecule has 0 bridgehead atoms. The number of rotatable bonds is 2. The first-order chi connectivity index (χ1) is 9.08. The molecule has 1 aromatic rings. The molecule has 0 atom stereocenters. The highest BCUT2D eigenvalue weighted by atomic mass is 35.5. The van der Waals surface area contributed by atoms with Crippen molar-refractivity contribution in [3.8, 4) is 5.75 Å². The van der Waals surface area contributed by atoms with Crippen LogP contribution in [-0.4, -0.2) is 48.0 Å². The van der Waals surface area contributed by atoms with Gasteiger partial charge < -0.3 is 20.6 Å². The first-order valence-corrected chi connectivity index (χ1v) is 6.18. The molecule has 1 aliphatic rings. The van der Waals surface area contributed by atoms with E-state index in [0.29, 0.717) is 18.8 Å². The van der Waals surface area contributed by atoms with Crippen molar-refractivity contribution in [3.63, 3.8) is 0 Å². The number of anilines is 1. The van der Waals surface area contributed by atoms with Crippen molar-refractivity contribution in [2.75, 3.05) is 31.5 Å². The lowest BCUT2D eigenvalue weighted by Gasteiger charge is -2.27. The standard InChI is InChI=1S/C13H17N3O3.ClH/c1-9(17)15-10-2-3-12(18)11(8-10)13(19)16-6-4-14-5-7-16;/h2-3,8,14,18H,4-7H2,1H3,(H,15,17);1H. The van der Waals surface area contributed by atoms with E-state index >= 15 is 0 Å². The smallest absolute Gasteiger partial charge is 0.257 e. The molecule has 0 saturated carbocycles. The van der Waals surface area contributed by atoms with Gasteiger partial charge in [-0.15, -0.1) is 12.4 Å². The van der Waals surface area contributed by atoms with Crippen LogP contribution >= 0.6 is 12.4 Å². The average Bonchev–Trinajstić information content (AvgIpc) is 2.40. The normalized spacial score (nSPS) is 14.3. The van der Waals surface area contributed by atoms with Gasteiger partial charge >= 0.3 is 0 Å². The van der Waals surface area contributed by atoms with E-state index in [1.807, 2.05) is 0 Å². The fourth-order valence-electron chi connectivity index (χ4n) is 2.03. The van der Waals surface area contributed by atoms with E-state index in [9.17, 15) is 14.7 Å². The Morgan fingerprint density at radius 3 is 2.55 bits per heavy atom. The number of amides is 2. The van der Waals surface area contributed by atoms with Gasteiger partial charge in [-0.05, 0) is 18.2 Å². The first kappa shape index (κ1) is 16.3. The van der Waals surface area contributed by atoms with Crippen LogP contribution in [0, 0.1) is 0 Å². The second-order valence-electron chi connectivity index (χ2n) is 4.46. The fourth-order valence-corrected chi connectivity index (χ4v) is 2.03. The van der Waals surface area contributed by atoms with Crippen LogP contribution in [0.2, 0.25) is 0 Å². The molecule has 1 aromatic carbocycles. The molecule has 1 saturated heterocycles. The Hall–Kier alpha value is -1.79. The molecule has 1 aliphatic heterocycles. The summed E-state index contributed by atoms with van der Waals surface area (Å²) in [5.41, 5.74) is 0.719. The number of nitrogens with one attached hydrogen (secondary N) is 2. The summed E-state index contributed by atoms with van der Waals surface area (Å²) in [6.07, 6.45) is 0. The highest BCUT2D eigenvalue weighted by Gasteiger charge is 2.21. The van der Waals surface area contributed by atoms with Crippen LogP contribution in [-0.2, 0) is 4.79 Å². The Bertz CT molecular complexity index is 502. The summed E-state index contributed by atoms with van der Waals surface area (Å²) in [5, 5.41) is 15.6. The predicted molar refractivity (Wildman–Crippen MR) is 78.4 cm³/mol. The van der Waals surface area contributed by atoms with E-state index in [2.05, 4.69) is 10.6 Å². The summed E-state index contributed by atoms with van der Waals surface area (Å²) in [4.78, 5) is 25.0. The molecule has 7 heteroatoms. The summed E-state index contributed by atoms with van der Waals surface area (Å²) < 4.78 is 0. The number of phenols is 1. The third kappa shape index (κ3) is 3.85. The van der Waals surface area contributed by atoms with E-state index in [-0.39, 0.29) is 35.5 Å². The number of hydrogen-bond donors (Lipinski definition) is 3. The van der Waals surface area contributed by atoms with E-state index in [1.54, 1.807) is 11.0 Å². The maximum absolute atomic E-state index is 12.3. The minimum Gasteiger partial charge on any atom is -0.507 e. The SMILES string of the molecule is CC(=O)Nc1ccc(O)c(C(=O)N2CCNCC2)c1.Cl. The number of benzene rings is 1. The van der Waals surface area contributed by atoms with E-state index < -0.39 is 0 Å². The van der Waals surface area contributed by atoms with Gasteiger partial charge in [-0.1, -0.05) is 0 Å². The van der Waals surface area contributed by atoms with Gasteiger partial charge in [0, 0.05) is 38.8 Å². The lowest BCUT2D eigenvalue weighted by molar-refractivity contribution is -0.114. The van der Waals surface area contributed by atoms with Crippen LogP contribution in [0.4, 0.5) is 5.69 Å². The van der Waals surface area contributed by atoms with Crippen molar-refractivity contribution in [1.82, 2.24) is 10.2 Å². The van der Waals surface area contributed by atoms with Crippen molar-refractivity contribution in [2.24, 2.45) is 0 Å². The third-order valence-corrected chi connectivity index (χ3v) is 2.95. The number of carbonyl (C=O) groups is 2. The van der Waals surface area contributed by atoms with Crippen molar-refractivity contribution in [3.05, 3.63) is 23.8 Å². The fraction of sp³-hybridized carbons (Fsp3) is 0.385. The number of phenolic OH excluding ortho intramolecular Hbond substituents is 1. The number of nitrogens with zero attached hydrogens (tertiary/aromatic N) is 1. The molecule has 2 rings (SSSR count). The summed E-state index contributed by atoms with van der Waals surface area (Å²) >= 11 is 0. The minimum atomic E-state index is -0.216. The maximum atomic E-state index is 12.3. The second-order valence-corrected chi connectivity index (χ2v) is 4.46. The minimum absolute atomic E-state index is 0. The molecule has 20 heavy (non-hydrogen) atoms. The molecular weight excluding hydrogens is 282 g/mol. The first-order valence-electron chi connectivity index (χ1n) is 6.18. The zero-order valence-electron chi connectivity index (χ0n) is 11.2. The lowest BCUT2D eigenvalue weighted by Crippen LogP contribution is -2.46. The molecule has 110 valence electrons. The zero-order chi connectivity index (χ0) is 13.8. The van der Waals surface area contributed by atoms with Crippen LogP contribution in [0.15, 0.2) is 18.2 Å². The Labute approximate surface area is 123 Å². The highest BCUT2D eigenvalue weighted by Crippen LogP contribution is 2.23. The van der Waals surface area contributed by atoms with Gasteiger partial charge in [0.1, 0.15) is 5.75 Å². The van der Waals surface area contributed by atoms with Crippen molar-refractivity contribution in [2.45, 2.75) is 6.92 Å². The monoisotopic (exact) mass is 299 g/mol. The Balaban J connectivity index is 0.00000200. The Morgan fingerprint density at radius 1 is 1.30 bits per heavy atom. The maximum Gasteiger partial charge on any atom is 0.257 e. The van der Waals surface area contributed by atoms with E-state index in [4.69, 9.17) is 0 Å². The molecule has 2 amide bonds. The van der Waals surface area contributed by atoms with Gasteiger partial charge in [-0.3, -0.25) is 9.59 Å². The topological polar surface area (TPSA) is 81.7 Å². The molecule has 1 heterocycles. The molecule has 3 N–H and O–H groups in total. The zero-order valence-corrected chi connectivity index (χ0v) is 12.0. The van der Waals surface area contributed by atoms with Crippen LogP contribution in [0.3, 0.4) is 0 Å². The summed E-state index contributed by atoms with van der Waals surface area (Å²) in [5.74, 6) is -0.505. The van der Waals surface area contributed by atoms with Crippen molar-refractivity contribution >= 4 is 29.9 Å². The second kappa shape index (κ2) is 7.12. The molecule has 0 unspecified atom stereocenters. The van der Waals surface area contributed by atoms with Crippen LogP contribution in [0.5, 0.6) is 5.75 Å². The summed E-state index contributed by atoms with van der Waals surface area (Å²) in [7, 11) is 0. The Morgan fingerprint density at radius 2 is 1.95 bits per heavy atom. The largest absolute Gasteiger partial charge is 0.507 e. The average molecular weight is 300 g/mol. The van der Waals surface area contributed by atoms with Crippen molar-refractivity contribution < 1.29 is 14.7 Å². The van der Waals surface area contributed by atoms with Gasteiger partial charge in [0.15, 0.2) is 0 Å². The quantitative estimate of drug-likeness (QED) is 0.706. The van der Waals surface area contributed by atoms with Crippen LogP contribution in [0.1, 0.15) is 17.3 Å². The molecule has 1 fully saturated rings.